The van der Waals surface area contributed by atoms with Gasteiger partial charge in [0.2, 0.25) is 0 Å². The van der Waals surface area contributed by atoms with E-state index in [1.807, 2.05) is 13.8 Å². The molecule has 1 aliphatic carbocycles. The Morgan fingerprint density at radius 1 is 1.42 bits per heavy atom. The third-order valence-corrected chi connectivity index (χ3v) is 4.16. The molecule has 1 rings (SSSR count). The highest BCUT2D eigenvalue weighted by Gasteiger charge is 2.41. The monoisotopic (exact) mass is 271 g/mol. The predicted molar refractivity (Wildman–Crippen MR) is 77.9 cm³/mol. The number of rotatable bonds is 3. The van der Waals surface area contributed by atoms with Crippen molar-refractivity contribution < 1.29 is 9.90 Å². The summed E-state index contributed by atoms with van der Waals surface area (Å²) in [5.74, 6) is 1.36. The van der Waals surface area contributed by atoms with Gasteiger partial charge in [0.15, 0.2) is 0 Å². The van der Waals surface area contributed by atoms with Gasteiger partial charge < -0.3 is 5.11 Å². The third-order valence-electron chi connectivity index (χ3n) is 4.16. The van der Waals surface area contributed by atoms with Crippen LogP contribution in [0.25, 0.3) is 0 Å². The van der Waals surface area contributed by atoms with Gasteiger partial charge in [-0.1, -0.05) is 39.8 Å². The number of aliphatic hydroxyl groups is 1. The molecule has 3 unspecified atom stereocenters. The highest BCUT2D eigenvalue weighted by Crippen LogP contribution is 2.46. The first-order valence-corrected chi connectivity index (χ1v) is 7.07. The normalized spacial score (nSPS) is 29.4. The second-order valence-corrected chi connectivity index (χ2v) is 6.67. The average Bonchev–Trinajstić information content (AvgIpc) is 2.23. The Kier molecular flexibility index (Phi) is 7.42. The van der Waals surface area contributed by atoms with Crippen LogP contribution >= 0.6 is 0 Å². The summed E-state index contributed by atoms with van der Waals surface area (Å²) in [5.41, 5.74) is 0.0850. The highest BCUT2D eigenvalue weighted by molar-refractivity contribution is 5.80. The number of nitrogens with zero attached hydrogens (tertiary/aromatic N) is 1. The molecular weight excluding hydrogens is 242 g/mol. The number of Topliss-reactive ketones (excluding diaryl/α,β-unsaturated/α-hetero) is 1. The lowest BCUT2D eigenvalue weighted by atomic mass is 9.61. The zero-order valence-corrected chi connectivity index (χ0v) is 13.1. The summed E-state index contributed by atoms with van der Waals surface area (Å²) in [4.78, 5) is 20.4. The van der Waals surface area contributed by atoms with Gasteiger partial charge in [-0.25, -0.2) is 0 Å². The molecule has 0 aliphatic heterocycles. The number of hydrogen-bond donors (Lipinski definition) is 1. The number of hydrogen-bond acceptors (Lipinski definition) is 4. The molecule has 3 atom stereocenters. The van der Waals surface area contributed by atoms with Gasteiger partial charge in [0.25, 0.3) is 0 Å². The molecular formula is C15H29NO3. The van der Waals surface area contributed by atoms with E-state index in [-0.39, 0.29) is 17.4 Å². The summed E-state index contributed by atoms with van der Waals surface area (Å²) < 4.78 is 0. The Morgan fingerprint density at radius 3 is 2.26 bits per heavy atom. The van der Waals surface area contributed by atoms with E-state index >= 15 is 0 Å². The van der Waals surface area contributed by atoms with Gasteiger partial charge in [-0.15, -0.1) is 0 Å². The second-order valence-electron chi connectivity index (χ2n) is 6.67. The zero-order valence-electron chi connectivity index (χ0n) is 13.1. The van der Waals surface area contributed by atoms with Crippen LogP contribution in [0.1, 0.15) is 53.9 Å². The topological polar surface area (TPSA) is 66.7 Å². The van der Waals surface area contributed by atoms with Gasteiger partial charge >= 0.3 is 0 Å². The molecule has 1 fully saturated rings. The number of ketones is 1. The summed E-state index contributed by atoms with van der Waals surface area (Å²) in [6.45, 7) is 10.5. The van der Waals surface area contributed by atoms with Crippen molar-refractivity contribution in [3.8, 4) is 0 Å². The minimum atomic E-state index is -0.185. The first-order chi connectivity index (χ1) is 8.65. The Bertz CT molecular complexity index is 300. The van der Waals surface area contributed by atoms with Crippen molar-refractivity contribution in [2.24, 2.45) is 28.3 Å². The molecule has 0 bridgehead atoms. The zero-order chi connectivity index (χ0) is 15.2. The van der Waals surface area contributed by atoms with Gasteiger partial charge in [-0.2, -0.15) is 4.91 Å². The minimum Gasteiger partial charge on any atom is -0.393 e. The van der Waals surface area contributed by atoms with E-state index in [1.54, 1.807) is 0 Å². The highest BCUT2D eigenvalue weighted by atomic mass is 16.3. The molecule has 0 amide bonds. The van der Waals surface area contributed by atoms with Crippen LogP contribution in [0.2, 0.25) is 0 Å². The Labute approximate surface area is 116 Å². The Morgan fingerprint density at radius 2 is 1.89 bits per heavy atom. The largest absolute Gasteiger partial charge is 0.393 e. The average molecular weight is 271 g/mol. The van der Waals surface area contributed by atoms with Crippen molar-refractivity contribution in [2.75, 3.05) is 7.05 Å². The quantitative estimate of drug-likeness (QED) is 0.800. The van der Waals surface area contributed by atoms with Gasteiger partial charge in [0.05, 0.1) is 13.2 Å². The first-order valence-electron chi connectivity index (χ1n) is 7.07. The van der Waals surface area contributed by atoms with E-state index in [2.05, 4.69) is 25.9 Å². The van der Waals surface area contributed by atoms with Gasteiger partial charge in [-0.05, 0) is 30.1 Å². The van der Waals surface area contributed by atoms with E-state index < -0.39 is 0 Å². The minimum absolute atomic E-state index is 0.0850. The molecule has 4 nitrogen and oxygen atoms in total. The van der Waals surface area contributed by atoms with Crippen LogP contribution in [0.5, 0.6) is 0 Å². The van der Waals surface area contributed by atoms with E-state index in [4.69, 9.17) is 4.91 Å². The van der Waals surface area contributed by atoms with Crippen LogP contribution in [0.15, 0.2) is 5.18 Å². The molecule has 0 aromatic carbocycles. The van der Waals surface area contributed by atoms with E-state index in [0.717, 1.165) is 12.8 Å². The molecule has 1 N–H and O–H groups in total. The summed E-state index contributed by atoms with van der Waals surface area (Å²) in [6.07, 6.45) is 2.17. The molecule has 0 heterocycles. The number of nitroso groups, excluding NO2 is 1. The van der Waals surface area contributed by atoms with Crippen LogP contribution in [-0.4, -0.2) is 24.0 Å². The van der Waals surface area contributed by atoms with Crippen LogP contribution in [0.3, 0.4) is 0 Å². The van der Waals surface area contributed by atoms with Crippen molar-refractivity contribution in [3.05, 3.63) is 4.91 Å². The van der Waals surface area contributed by atoms with Crippen LogP contribution in [0, 0.1) is 28.1 Å². The standard InChI is InChI=1S/C14H26O2.CH3NO/c1-9(2)13(16)7-12-10(3)6-11(15)8-14(12,4)5;1-2-3/h9-12,15H,6-8H2,1-5H3;1H3. The lowest BCUT2D eigenvalue weighted by Gasteiger charge is -2.45. The fraction of sp³-hybridized carbons (Fsp3) is 0.933. The van der Waals surface area contributed by atoms with Crippen molar-refractivity contribution in [1.82, 2.24) is 0 Å². The molecule has 1 aliphatic rings. The number of carbonyl (C=O) groups excluding carboxylic acids is 1. The predicted octanol–water partition coefficient (Wildman–Crippen LogP) is 3.42. The number of aliphatic hydroxyl groups excluding tert-OH is 1. The molecule has 0 saturated heterocycles. The van der Waals surface area contributed by atoms with Crippen molar-refractivity contribution in [3.63, 3.8) is 0 Å². The summed E-state index contributed by atoms with van der Waals surface area (Å²) in [6, 6.07) is 0. The van der Waals surface area contributed by atoms with Crippen molar-refractivity contribution in [2.45, 2.75) is 60.0 Å². The van der Waals surface area contributed by atoms with Crippen molar-refractivity contribution >= 4 is 5.78 Å². The van der Waals surface area contributed by atoms with E-state index in [0.29, 0.717) is 24.0 Å². The van der Waals surface area contributed by atoms with E-state index in [9.17, 15) is 9.90 Å². The maximum atomic E-state index is 11.9. The molecule has 4 heteroatoms. The van der Waals surface area contributed by atoms with Gasteiger partial charge in [0, 0.05) is 12.3 Å². The fourth-order valence-corrected chi connectivity index (χ4v) is 3.14. The molecule has 1 saturated carbocycles. The first kappa shape index (κ1) is 18.2. The molecule has 0 aromatic heterocycles. The van der Waals surface area contributed by atoms with Gasteiger partial charge in [-0.3, -0.25) is 4.79 Å². The third kappa shape index (κ3) is 5.81. The second kappa shape index (κ2) is 7.73. The molecule has 112 valence electrons. The molecule has 0 aromatic rings. The SMILES string of the molecule is CC(C)C(=O)CC1C(C)CC(O)CC1(C)C.CN=O. The Hall–Kier alpha value is -0.770. The molecule has 19 heavy (non-hydrogen) atoms. The van der Waals surface area contributed by atoms with E-state index in [1.165, 1.54) is 7.05 Å². The lowest BCUT2D eigenvalue weighted by molar-refractivity contribution is -0.126. The summed E-state index contributed by atoms with van der Waals surface area (Å²) >= 11 is 0. The van der Waals surface area contributed by atoms with Crippen LogP contribution < -0.4 is 0 Å². The molecule has 0 radical (unpaired) electrons. The smallest absolute Gasteiger partial charge is 0.135 e. The van der Waals surface area contributed by atoms with Crippen molar-refractivity contribution in [1.29, 1.82) is 0 Å². The summed E-state index contributed by atoms with van der Waals surface area (Å²) in [5, 5.41) is 12.0. The van der Waals surface area contributed by atoms with Crippen LogP contribution in [0.4, 0.5) is 0 Å². The van der Waals surface area contributed by atoms with Gasteiger partial charge in [0.1, 0.15) is 5.78 Å². The lowest BCUT2D eigenvalue weighted by Crippen LogP contribution is -2.41. The summed E-state index contributed by atoms with van der Waals surface area (Å²) in [7, 11) is 1.19. The maximum Gasteiger partial charge on any atom is 0.135 e. The van der Waals surface area contributed by atoms with Crippen LogP contribution in [-0.2, 0) is 4.79 Å². The fourth-order valence-electron chi connectivity index (χ4n) is 3.14. The maximum absolute atomic E-state index is 11.9. The molecule has 0 spiro atoms. The Balaban J connectivity index is 0.000000982. The number of carbonyl (C=O) groups is 1.